The van der Waals surface area contributed by atoms with E-state index in [1.54, 1.807) is 48.0 Å². The van der Waals surface area contributed by atoms with Crippen LogP contribution < -0.4 is 10.6 Å². The Balaban J connectivity index is 0. The summed E-state index contributed by atoms with van der Waals surface area (Å²) in [7, 11) is 3.25. The van der Waals surface area contributed by atoms with Gasteiger partial charge in [-0.1, -0.05) is 33.3 Å². The van der Waals surface area contributed by atoms with Crippen LogP contribution in [0.2, 0.25) is 0 Å². The first-order valence-electron chi connectivity index (χ1n) is 14.8. The van der Waals surface area contributed by atoms with Gasteiger partial charge in [-0.3, -0.25) is 4.79 Å². The molecule has 11 heteroatoms. The quantitative estimate of drug-likeness (QED) is 0.293. The van der Waals surface area contributed by atoms with Gasteiger partial charge in [-0.2, -0.15) is 0 Å². The summed E-state index contributed by atoms with van der Waals surface area (Å²) < 4.78 is 42.6. The normalized spacial score (nSPS) is 16.9. The van der Waals surface area contributed by atoms with E-state index in [2.05, 4.69) is 25.6 Å². The van der Waals surface area contributed by atoms with Crippen LogP contribution in [0.15, 0.2) is 22.6 Å². The smallest absolute Gasteiger partial charge is 0.408 e. The lowest BCUT2D eigenvalue weighted by molar-refractivity contribution is -0.118. The van der Waals surface area contributed by atoms with Gasteiger partial charge in [0.05, 0.1) is 0 Å². The minimum Gasteiger partial charge on any atom is -0.444 e. The van der Waals surface area contributed by atoms with E-state index in [9.17, 15) is 18.4 Å². The number of benzene rings is 1. The molecule has 1 heterocycles. The molecule has 0 spiro atoms. The maximum absolute atomic E-state index is 13.6. The van der Waals surface area contributed by atoms with Gasteiger partial charge in [0, 0.05) is 47.6 Å². The van der Waals surface area contributed by atoms with Crippen LogP contribution in [0.5, 0.6) is 0 Å². The van der Waals surface area contributed by atoms with Crippen LogP contribution in [0, 0.1) is 12.8 Å². The molecule has 42 heavy (non-hydrogen) atoms. The molecule has 1 aliphatic carbocycles. The molecule has 2 aromatic rings. The summed E-state index contributed by atoms with van der Waals surface area (Å²) in [6.07, 6.45) is 2.74. The first-order chi connectivity index (χ1) is 19.8. The van der Waals surface area contributed by atoms with E-state index in [4.69, 9.17) is 9.15 Å². The lowest BCUT2D eigenvalue weighted by Gasteiger charge is -2.23. The standard InChI is InChI=1S/C27H38F2N4O4.C2H6O.C2H6.2H2/c1-6-20(31-25(35)37-26(3,4)5)23(34)30-21-16-19(11-9-17(21)2)24-33-32-22(36-24)12-10-18-8-7-14-27(28,29)15-13-18;1-3-2;1-2;;/h9,11,16,18,20H,6-8,10,12-15H2,1-5H3,(H,30,34)(H,31,35);1-2H3;1-2H3;2*1H/t18?,20-;;;;/m0..../s1. The summed E-state index contributed by atoms with van der Waals surface area (Å²) in [5, 5.41) is 13.7. The van der Waals surface area contributed by atoms with Gasteiger partial charge in [0.25, 0.3) is 0 Å². The minimum atomic E-state index is -2.55. The zero-order chi connectivity index (χ0) is 31.9. The highest BCUT2D eigenvalue weighted by Gasteiger charge is 2.32. The number of alkyl carbamates (subject to hydrolysis) is 1. The molecule has 1 fully saturated rings. The number of halogens is 2. The van der Waals surface area contributed by atoms with E-state index in [-0.39, 0.29) is 27.5 Å². The van der Waals surface area contributed by atoms with Crippen LogP contribution in [-0.4, -0.2) is 54.0 Å². The van der Waals surface area contributed by atoms with Crippen molar-refractivity contribution in [3.05, 3.63) is 29.7 Å². The Morgan fingerprint density at radius 1 is 1.17 bits per heavy atom. The summed E-state index contributed by atoms with van der Waals surface area (Å²) in [6, 6.07) is 4.64. The number of aromatic nitrogens is 2. The van der Waals surface area contributed by atoms with Crippen LogP contribution in [0.4, 0.5) is 19.3 Å². The largest absolute Gasteiger partial charge is 0.444 e. The molecule has 1 aliphatic rings. The number of aryl methyl sites for hydroxylation is 2. The summed E-state index contributed by atoms with van der Waals surface area (Å²) >= 11 is 0. The number of nitrogens with zero attached hydrogens (tertiary/aromatic N) is 2. The van der Waals surface area contributed by atoms with Crippen LogP contribution in [0.1, 0.15) is 101 Å². The van der Waals surface area contributed by atoms with Crippen molar-refractivity contribution in [2.24, 2.45) is 5.92 Å². The number of methoxy groups -OCH3 is 1. The highest BCUT2D eigenvalue weighted by atomic mass is 19.3. The maximum Gasteiger partial charge on any atom is 0.408 e. The Morgan fingerprint density at radius 2 is 1.83 bits per heavy atom. The van der Waals surface area contributed by atoms with E-state index >= 15 is 0 Å². The third kappa shape index (κ3) is 13.3. The molecule has 1 unspecified atom stereocenters. The first kappa shape index (κ1) is 36.9. The Labute approximate surface area is 252 Å². The SMILES string of the molecule is CC.CC[C@H](NC(=O)OC(C)(C)C)C(=O)Nc1cc(-c2nnc(CCC3CCCC(F)(F)CC3)o2)ccc1C.COC.[HH].[HH]. The highest BCUT2D eigenvalue weighted by molar-refractivity contribution is 5.97. The lowest BCUT2D eigenvalue weighted by Crippen LogP contribution is -2.45. The molecule has 1 aromatic carbocycles. The van der Waals surface area contributed by atoms with Crippen LogP contribution >= 0.6 is 0 Å². The molecule has 242 valence electrons. The Hall–Kier alpha value is -3.08. The fourth-order valence-corrected chi connectivity index (χ4v) is 4.33. The van der Waals surface area contributed by atoms with Crippen molar-refractivity contribution in [1.29, 1.82) is 0 Å². The zero-order valence-corrected chi connectivity index (χ0v) is 26.7. The number of hydrogen-bond acceptors (Lipinski definition) is 7. The predicted octanol–water partition coefficient (Wildman–Crippen LogP) is 8.22. The lowest BCUT2D eigenvalue weighted by atomic mass is 9.95. The average molecular weight is 601 g/mol. The topological polar surface area (TPSA) is 116 Å². The molecular formula is C31H54F2N4O5. The molecule has 9 nitrogen and oxygen atoms in total. The van der Waals surface area contributed by atoms with Gasteiger partial charge >= 0.3 is 6.09 Å². The van der Waals surface area contributed by atoms with Crippen LogP contribution in [0.25, 0.3) is 11.5 Å². The molecule has 1 saturated carbocycles. The molecular weight excluding hydrogens is 546 g/mol. The van der Waals surface area contributed by atoms with E-state index in [1.165, 1.54) is 0 Å². The molecule has 1 aromatic heterocycles. The second-order valence-corrected chi connectivity index (χ2v) is 11.2. The van der Waals surface area contributed by atoms with E-state index in [0.717, 1.165) is 18.4 Å². The number of nitrogens with one attached hydrogen (secondary N) is 2. The monoisotopic (exact) mass is 600 g/mol. The van der Waals surface area contributed by atoms with E-state index in [1.807, 2.05) is 32.9 Å². The van der Waals surface area contributed by atoms with Gasteiger partial charge in [-0.25, -0.2) is 13.6 Å². The molecule has 3 rings (SSSR count). The van der Waals surface area contributed by atoms with Gasteiger partial charge < -0.3 is 24.5 Å². The molecule has 0 radical (unpaired) electrons. The Morgan fingerprint density at radius 3 is 2.45 bits per heavy atom. The maximum atomic E-state index is 13.6. The Kier molecular flexibility index (Phi) is 15.6. The molecule has 0 bridgehead atoms. The summed E-state index contributed by atoms with van der Waals surface area (Å²) in [5.74, 6) is -1.91. The predicted molar refractivity (Wildman–Crippen MR) is 165 cm³/mol. The molecule has 0 saturated heterocycles. The molecule has 2 N–H and O–H groups in total. The zero-order valence-electron chi connectivity index (χ0n) is 26.7. The van der Waals surface area contributed by atoms with E-state index in [0.29, 0.717) is 48.7 Å². The highest BCUT2D eigenvalue weighted by Crippen LogP contribution is 2.36. The van der Waals surface area contributed by atoms with Crippen molar-refractivity contribution < 1.29 is 35.1 Å². The second kappa shape index (κ2) is 17.8. The molecule has 0 aliphatic heterocycles. The second-order valence-electron chi connectivity index (χ2n) is 11.2. The van der Waals surface area contributed by atoms with Crippen LogP contribution in [-0.2, 0) is 20.7 Å². The summed E-state index contributed by atoms with van der Waals surface area (Å²) in [6.45, 7) is 12.9. The van der Waals surface area contributed by atoms with Gasteiger partial charge in [-0.15, -0.1) is 10.2 Å². The molecule has 2 atom stereocenters. The number of carbonyl (C=O) groups is 2. The van der Waals surface area contributed by atoms with Crippen molar-refractivity contribution in [2.75, 3.05) is 19.5 Å². The minimum absolute atomic E-state index is 0. The van der Waals surface area contributed by atoms with Gasteiger partial charge in [-0.05, 0) is 77.0 Å². The summed E-state index contributed by atoms with van der Waals surface area (Å²) in [5.41, 5.74) is 1.36. The number of alkyl halides is 2. The van der Waals surface area contributed by atoms with Crippen molar-refractivity contribution in [3.63, 3.8) is 0 Å². The first-order valence-corrected chi connectivity index (χ1v) is 14.8. The van der Waals surface area contributed by atoms with Crippen molar-refractivity contribution >= 4 is 17.7 Å². The van der Waals surface area contributed by atoms with Crippen molar-refractivity contribution in [3.8, 4) is 11.5 Å². The third-order valence-electron chi connectivity index (χ3n) is 6.46. The summed E-state index contributed by atoms with van der Waals surface area (Å²) in [4.78, 5) is 25.0. The third-order valence-corrected chi connectivity index (χ3v) is 6.46. The van der Waals surface area contributed by atoms with Gasteiger partial charge in [0.2, 0.25) is 23.6 Å². The number of hydrogen-bond donors (Lipinski definition) is 2. The fourth-order valence-electron chi connectivity index (χ4n) is 4.33. The molecule has 2 amide bonds. The van der Waals surface area contributed by atoms with Gasteiger partial charge in [0.15, 0.2) is 0 Å². The Bertz CT molecular complexity index is 1110. The number of rotatable bonds is 8. The number of anilines is 1. The van der Waals surface area contributed by atoms with Crippen LogP contribution in [0.3, 0.4) is 0 Å². The van der Waals surface area contributed by atoms with Crippen molar-refractivity contribution in [2.45, 2.75) is 117 Å². The number of ether oxygens (including phenoxy) is 2. The van der Waals surface area contributed by atoms with Crippen molar-refractivity contribution in [1.82, 2.24) is 15.5 Å². The van der Waals surface area contributed by atoms with E-state index < -0.39 is 23.7 Å². The van der Waals surface area contributed by atoms with Gasteiger partial charge in [0.1, 0.15) is 11.6 Å². The number of amides is 2. The fraction of sp³-hybridized carbons (Fsp3) is 0.677. The average Bonchev–Trinajstić information content (AvgIpc) is 3.32. The number of carbonyl (C=O) groups excluding carboxylic acids is 2.